The largest absolute Gasteiger partial charge is 0.465 e. The first-order chi connectivity index (χ1) is 12.1. The van der Waals surface area contributed by atoms with Crippen LogP contribution in [0.5, 0.6) is 0 Å². The second kappa shape index (κ2) is 7.38. The molecule has 0 aliphatic heterocycles. The number of rotatable bonds is 7. The second-order valence-electron chi connectivity index (χ2n) is 6.31. The van der Waals surface area contributed by atoms with Crippen LogP contribution in [0, 0.1) is 0 Å². The highest BCUT2D eigenvalue weighted by Crippen LogP contribution is 2.47. The van der Waals surface area contributed by atoms with Gasteiger partial charge in [-0.05, 0) is 30.5 Å². The summed E-state index contributed by atoms with van der Waals surface area (Å²) in [5.41, 5.74) is 2.37. The quantitative estimate of drug-likeness (QED) is 0.762. The summed E-state index contributed by atoms with van der Waals surface area (Å²) in [5.74, 6) is -0.522. The number of para-hydroxylation sites is 1. The number of esters is 1. The van der Waals surface area contributed by atoms with Gasteiger partial charge in [0, 0.05) is 17.6 Å². The van der Waals surface area contributed by atoms with E-state index in [1.165, 1.54) is 12.7 Å². The molecule has 1 fully saturated rings. The lowest BCUT2D eigenvalue weighted by atomic mass is 9.96. The summed E-state index contributed by atoms with van der Waals surface area (Å²) >= 11 is 0. The number of anilines is 1. The minimum Gasteiger partial charge on any atom is -0.465 e. The molecule has 2 aromatic carbocycles. The zero-order chi connectivity index (χ0) is 17.7. The molecule has 0 atom stereocenters. The highest BCUT2D eigenvalue weighted by molar-refractivity contribution is 5.96. The summed E-state index contributed by atoms with van der Waals surface area (Å²) in [6.45, 7) is 0.745. The van der Waals surface area contributed by atoms with E-state index in [1.54, 1.807) is 24.3 Å². The number of hydrogen-bond donors (Lipinski definition) is 2. The first-order valence-corrected chi connectivity index (χ1v) is 8.38. The molecule has 130 valence electrons. The molecule has 0 saturated heterocycles. The van der Waals surface area contributed by atoms with Crippen LogP contribution in [0.25, 0.3) is 0 Å². The maximum Gasteiger partial charge on any atom is 0.339 e. The van der Waals surface area contributed by atoms with Gasteiger partial charge in [0.15, 0.2) is 0 Å². The summed E-state index contributed by atoms with van der Waals surface area (Å²) < 4.78 is 4.75. The molecular formula is C20H22N2O3. The van der Waals surface area contributed by atoms with Gasteiger partial charge < -0.3 is 15.4 Å². The van der Waals surface area contributed by atoms with Crippen LogP contribution in [0.4, 0.5) is 5.69 Å². The summed E-state index contributed by atoms with van der Waals surface area (Å²) in [4.78, 5) is 23.9. The molecule has 0 spiro atoms. The highest BCUT2D eigenvalue weighted by atomic mass is 16.5. The summed E-state index contributed by atoms with van der Waals surface area (Å²) in [7, 11) is 1.34. The molecule has 0 bridgehead atoms. The van der Waals surface area contributed by atoms with E-state index in [9.17, 15) is 9.59 Å². The third-order valence-electron chi connectivity index (χ3n) is 4.64. The monoisotopic (exact) mass is 338 g/mol. The van der Waals surface area contributed by atoms with Crippen molar-refractivity contribution in [2.45, 2.75) is 18.3 Å². The average molecular weight is 338 g/mol. The number of amides is 1. The molecule has 0 radical (unpaired) electrons. The van der Waals surface area contributed by atoms with E-state index in [0.717, 1.165) is 12.8 Å². The summed E-state index contributed by atoms with van der Waals surface area (Å²) in [6, 6.07) is 17.3. The third-order valence-corrected chi connectivity index (χ3v) is 4.64. The van der Waals surface area contributed by atoms with Crippen LogP contribution >= 0.6 is 0 Å². The maximum absolute atomic E-state index is 12.2. The van der Waals surface area contributed by atoms with E-state index in [4.69, 9.17) is 4.74 Å². The predicted molar refractivity (Wildman–Crippen MR) is 96.6 cm³/mol. The molecular weight excluding hydrogens is 316 g/mol. The van der Waals surface area contributed by atoms with Crippen LogP contribution in [-0.4, -0.2) is 32.1 Å². The van der Waals surface area contributed by atoms with Crippen molar-refractivity contribution in [1.82, 2.24) is 5.32 Å². The zero-order valence-electron chi connectivity index (χ0n) is 14.2. The van der Waals surface area contributed by atoms with Gasteiger partial charge in [-0.15, -0.1) is 0 Å². The first-order valence-electron chi connectivity index (χ1n) is 8.38. The Labute approximate surface area is 147 Å². The van der Waals surface area contributed by atoms with Crippen LogP contribution in [0.15, 0.2) is 54.6 Å². The van der Waals surface area contributed by atoms with Crippen molar-refractivity contribution >= 4 is 17.6 Å². The predicted octanol–water partition coefficient (Wildman–Crippen LogP) is 2.73. The molecule has 0 aromatic heterocycles. The fraction of sp³-hybridized carbons (Fsp3) is 0.300. The molecule has 1 saturated carbocycles. The number of carbonyl (C=O) groups is 2. The van der Waals surface area contributed by atoms with Gasteiger partial charge in [0.1, 0.15) is 0 Å². The fourth-order valence-electron chi connectivity index (χ4n) is 2.94. The maximum atomic E-state index is 12.2. The lowest BCUT2D eigenvalue weighted by Crippen LogP contribution is -2.36. The van der Waals surface area contributed by atoms with E-state index in [0.29, 0.717) is 17.8 Å². The van der Waals surface area contributed by atoms with Crippen molar-refractivity contribution in [1.29, 1.82) is 0 Å². The van der Waals surface area contributed by atoms with E-state index in [2.05, 4.69) is 22.8 Å². The average Bonchev–Trinajstić information content (AvgIpc) is 3.46. The number of nitrogens with one attached hydrogen (secondary N) is 2. The third kappa shape index (κ3) is 3.99. The molecule has 0 unspecified atom stereocenters. The van der Waals surface area contributed by atoms with Gasteiger partial charge in [-0.3, -0.25) is 4.79 Å². The molecule has 3 rings (SSSR count). The number of benzene rings is 2. The minimum atomic E-state index is -0.426. The second-order valence-corrected chi connectivity index (χ2v) is 6.31. The lowest BCUT2D eigenvalue weighted by Gasteiger charge is -2.17. The van der Waals surface area contributed by atoms with Crippen LogP contribution in [0.3, 0.4) is 0 Å². The zero-order valence-corrected chi connectivity index (χ0v) is 14.2. The molecule has 1 aliphatic rings. The number of carbonyl (C=O) groups excluding carboxylic acids is 2. The van der Waals surface area contributed by atoms with Gasteiger partial charge in [-0.1, -0.05) is 42.5 Å². The number of methoxy groups -OCH3 is 1. The first kappa shape index (κ1) is 17.0. The molecule has 0 heterocycles. The van der Waals surface area contributed by atoms with Crippen LogP contribution in [-0.2, 0) is 14.9 Å². The van der Waals surface area contributed by atoms with E-state index in [-0.39, 0.29) is 17.9 Å². The Morgan fingerprint density at radius 2 is 1.72 bits per heavy atom. The molecule has 1 amide bonds. The van der Waals surface area contributed by atoms with Crippen molar-refractivity contribution in [3.05, 3.63) is 65.7 Å². The van der Waals surface area contributed by atoms with Gasteiger partial charge in [0.2, 0.25) is 5.91 Å². The van der Waals surface area contributed by atoms with Gasteiger partial charge in [0.25, 0.3) is 0 Å². The Kier molecular flexibility index (Phi) is 5.03. The lowest BCUT2D eigenvalue weighted by molar-refractivity contribution is -0.119. The molecule has 2 aromatic rings. The van der Waals surface area contributed by atoms with E-state index >= 15 is 0 Å². The van der Waals surface area contributed by atoms with E-state index < -0.39 is 5.97 Å². The van der Waals surface area contributed by atoms with Crippen molar-refractivity contribution in [2.24, 2.45) is 0 Å². The number of ether oxygens (including phenoxy) is 1. The normalized spacial score (nSPS) is 14.4. The Balaban J connectivity index is 1.54. The Morgan fingerprint density at radius 1 is 1.04 bits per heavy atom. The fourth-order valence-corrected chi connectivity index (χ4v) is 2.94. The summed E-state index contributed by atoms with van der Waals surface area (Å²) in [5, 5.41) is 6.01. The summed E-state index contributed by atoms with van der Waals surface area (Å²) in [6.07, 6.45) is 2.19. The Morgan fingerprint density at radius 3 is 2.40 bits per heavy atom. The number of hydrogen-bond acceptors (Lipinski definition) is 4. The molecule has 5 nitrogen and oxygen atoms in total. The molecule has 2 N–H and O–H groups in total. The Hall–Kier alpha value is -2.82. The van der Waals surface area contributed by atoms with Crippen molar-refractivity contribution in [2.75, 3.05) is 25.5 Å². The van der Waals surface area contributed by atoms with Gasteiger partial charge >= 0.3 is 5.97 Å². The minimum absolute atomic E-state index is 0.0842. The van der Waals surface area contributed by atoms with Gasteiger partial charge in [-0.2, -0.15) is 0 Å². The Bertz CT molecular complexity index is 755. The van der Waals surface area contributed by atoms with Crippen LogP contribution in [0.2, 0.25) is 0 Å². The van der Waals surface area contributed by atoms with Crippen molar-refractivity contribution < 1.29 is 14.3 Å². The van der Waals surface area contributed by atoms with Gasteiger partial charge in [-0.25, -0.2) is 4.79 Å². The van der Waals surface area contributed by atoms with Gasteiger partial charge in [0.05, 0.1) is 19.2 Å². The molecule has 25 heavy (non-hydrogen) atoms. The topological polar surface area (TPSA) is 67.4 Å². The van der Waals surface area contributed by atoms with Crippen LogP contribution in [0.1, 0.15) is 28.8 Å². The smallest absolute Gasteiger partial charge is 0.339 e. The SMILES string of the molecule is COC(=O)c1ccccc1NCC(=O)NCC1(c2ccccc2)CC1. The molecule has 1 aliphatic carbocycles. The highest BCUT2D eigenvalue weighted by Gasteiger charge is 2.44. The van der Waals surface area contributed by atoms with Crippen LogP contribution < -0.4 is 10.6 Å². The standard InChI is InChI=1S/C20H22N2O3/c1-25-19(24)16-9-5-6-10-17(16)21-13-18(23)22-14-20(11-12-20)15-7-3-2-4-8-15/h2-10,21H,11-14H2,1H3,(H,22,23). The van der Waals surface area contributed by atoms with Crippen molar-refractivity contribution in [3.63, 3.8) is 0 Å². The van der Waals surface area contributed by atoms with Crippen molar-refractivity contribution in [3.8, 4) is 0 Å². The van der Waals surface area contributed by atoms with E-state index in [1.807, 2.05) is 18.2 Å². The molecule has 5 heteroatoms.